The lowest BCUT2D eigenvalue weighted by molar-refractivity contribution is -0.137. The molecule has 0 spiro atoms. The molecule has 0 aliphatic rings. The van der Waals surface area contributed by atoms with E-state index in [1.807, 2.05) is 24.3 Å². The highest BCUT2D eigenvalue weighted by Gasteiger charge is 2.31. The van der Waals surface area contributed by atoms with Crippen LogP contribution in [0.1, 0.15) is 36.6 Å². The van der Waals surface area contributed by atoms with E-state index in [0.717, 1.165) is 23.5 Å². The van der Waals surface area contributed by atoms with Gasteiger partial charge < -0.3 is 10.6 Å². The molecule has 3 nitrogen and oxygen atoms in total. The highest BCUT2D eigenvalue weighted by Crippen LogP contribution is 2.31. The first kappa shape index (κ1) is 19.5. The Morgan fingerprint density at radius 1 is 1.28 bits per heavy atom. The van der Waals surface area contributed by atoms with Crippen LogP contribution in [0.3, 0.4) is 0 Å². The maximum Gasteiger partial charge on any atom is 0.417 e. The highest BCUT2D eigenvalue weighted by atomic mass is 35.5. The second kappa shape index (κ2) is 8.01. The summed E-state index contributed by atoms with van der Waals surface area (Å²) in [5, 5.41) is 6.27. The second-order valence-electron chi connectivity index (χ2n) is 5.70. The third-order valence-electron chi connectivity index (χ3n) is 3.49. The lowest BCUT2D eigenvalue weighted by Crippen LogP contribution is -2.29. The molecular formula is C17H17ClF3N3S. The Balaban J connectivity index is 2.01. The number of thiocarbonyl (C=S) groups is 1. The summed E-state index contributed by atoms with van der Waals surface area (Å²) in [6.45, 7) is 4.26. The predicted molar refractivity (Wildman–Crippen MR) is 97.8 cm³/mol. The van der Waals surface area contributed by atoms with Crippen LogP contribution in [0.4, 0.5) is 18.9 Å². The minimum absolute atomic E-state index is 0.0623. The molecule has 0 aliphatic carbocycles. The first-order valence-corrected chi connectivity index (χ1v) is 8.32. The minimum atomic E-state index is -4.47. The summed E-state index contributed by atoms with van der Waals surface area (Å²) in [6.07, 6.45) is -3.71. The Morgan fingerprint density at radius 3 is 2.56 bits per heavy atom. The monoisotopic (exact) mass is 387 g/mol. The molecule has 25 heavy (non-hydrogen) atoms. The van der Waals surface area contributed by atoms with E-state index >= 15 is 0 Å². The van der Waals surface area contributed by atoms with Crippen molar-refractivity contribution in [3.63, 3.8) is 0 Å². The van der Waals surface area contributed by atoms with Crippen molar-refractivity contribution in [1.82, 2.24) is 10.3 Å². The van der Waals surface area contributed by atoms with Crippen LogP contribution in [0.2, 0.25) is 5.02 Å². The number of nitrogens with one attached hydrogen (secondary N) is 2. The standard InChI is InChI=1S/C17H17ClF3N3S/c1-10(2)12-5-3-4-6-14(12)24-16(25)23-9-15-13(18)7-11(8-22-15)17(19,20)21/h3-8,10H,9H2,1-2H3,(H2,23,24,25). The average Bonchev–Trinajstić information content (AvgIpc) is 2.53. The van der Waals surface area contributed by atoms with Gasteiger partial charge in [-0.1, -0.05) is 43.6 Å². The summed E-state index contributed by atoms with van der Waals surface area (Å²) >= 11 is 11.1. The van der Waals surface area contributed by atoms with Crippen LogP contribution in [-0.4, -0.2) is 10.1 Å². The molecule has 1 aromatic heterocycles. The number of benzene rings is 1. The highest BCUT2D eigenvalue weighted by molar-refractivity contribution is 7.80. The minimum Gasteiger partial charge on any atom is -0.357 e. The van der Waals surface area contributed by atoms with Gasteiger partial charge in [-0.05, 0) is 35.8 Å². The van der Waals surface area contributed by atoms with Crippen molar-refractivity contribution in [2.45, 2.75) is 32.5 Å². The van der Waals surface area contributed by atoms with Crippen molar-refractivity contribution in [3.8, 4) is 0 Å². The van der Waals surface area contributed by atoms with E-state index < -0.39 is 11.7 Å². The molecular weight excluding hydrogens is 371 g/mol. The molecule has 0 atom stereocenters. The van der Waals surface area contributed by atoms with E-state index in [9.17, 15) is 13.2 Å². The van der Waals surface area contributed by atoms with Crippen molar-refractivity contribution in [3.05, 3.63) is 58.4 Å². The zero-order valence-electron chi connectivity index (χ0n) is 13.6. The molecule has 0 aliphatic heterocycles. The number of hydrogen-bond donors (Lipinski definition) is 2. The zero-order chi connectivity index (χ0) is 18.6. The van der Waals surface area contributed by atoms with Crippen molar-refractivity contribution in [2.24, 2.45) is 0 Å². The number of halogens is 4. The molecule has 1 heterocycles. The first-order valence-electron chi connectivity index (χ1n) is 7.54. The number of hydrogen-bond acceptors (Lipinski definition) is 2. The van der Waals surface area contributed by atoms with Gasteiger partial charge in [0.15, 0.2) is 5.11 Å². The average molecular weight is 388 g/mol. The van der Waals surface area contributed by atoms with Crippen molar-refractivity contribution in [1.29, 1.82) is 0 Å². The zero-order valence-corrected chi connectivity index (χ0v) is 15.2. The van der Waals surface area contributed by atoms with Crippen LogP contribution in [0.25, 0.3) is 0 Å². The van der Waals surface area contributed by atoms with E-state index in [-0.39, 0.29) is 17.3 Å². The molecule has 0 saturated heterocycles. The SMILES string of the molecule is CC(C)c1ccccc1NC(=S)NCc1ncc(C(F)(F)F)cc1Cl. The van der Waals surface area contributed by atoms with E-state index in [1.165, 1.54) is 0 Å². The third-order valence-corrected chi connectivity index (χ3v) is 4.07. The maximum absolute atomic E-state index is 12.6. The molecule has 0 bridgehead atoms. The summed E-state index contributed by atoms with van der Waals surface area (Å²) < 4.78 is 37.8. The lowest BCUT2D eigenvalue weighted by atomic mass is 10.0. The van der Waals surface area contributed by atoms with E-state index in [1.54, 1.807) is 0 Å². The largest absolute Gasteiger partial charge is 0.417 e. The Hall–Kier alpha value is -1.86. The van der Waals surface area contributed by atoms with Gasteiger partial charge >= 0.3 is 6.18 Å². The first-order chi connectivity index (χ1) is 11.7. The molecule has 0 fully saturated rings. The molecule has 2 rings (SSSR count). The van der Waals surface area contributed by atoms with Gasteiger partial charge in [-0.2, -0.15) is 13.2 Å². The van der Waals surface area contributed by atoms with Crippen molar-refractivity contribution >= 4 is 34.6 Å². The molecule has 0 unspecified atom stereocenters. The van der Waals surface area contributed by atoms with Crippen molar-refractivity contribution < 1.29 is 13.2 Å². The Morgan fingerprint density at radius 2 is 1.96 bits per heavy atom. The van der Waals surface area contributed by atoms with Gasteiger partial charge in [-0.25, -0.2) is 0 Å². The van der Waals surface area contributed by atoms with E-state index in [2.05, 4.69) is 29.5 Å². The van der Waals surface area contributed by atoms with Crippen molar-refractivity contribution in [2.75, 3.05) is 5.32 Å². The molecule has 2 N–H and O–H groups in total. The predicted octanol–water partition coefficient (Wildman–Crippen LogP) is 5.36. The number of anilines is 1. The molecule has 2 aromatic rings. The smallest absolute Gasteiger partial charge is 0.357 e. The summed E-state index contributed by atoms with van der Waals surface area (Å²) in [5.41, 5.74) is 1.39. The molecule has 0 saturated carbocycles. The van der Waals surface area contributed by atoms with Gasteiger partial charge in [-0.3, -0.25) is 4.98 Å². The Bertz CT molecular complexity index is 763. The van der Waals surface area contributed by atoms with Gasteiger partial charge in [-0.15, -0.1) is 0 Å². The fourth-order valence-electron chi connectivity index (χ4n) is 2.20. The summed E-state index contributed by atoms with van der Waals surface area (Å²) in [5.74, 6) is 0.317. The van der Waals surface area contributed by atoms with Gasteiger partial charge in [0.05, 0.1) is 22.8 Å². The number of pyridine rings is 1. The quantitative estimate of drug-likeness (QED) is 0.692. The second-order valence-corrected chi connectivity index (χ2v) is 6.52. The van der Waals surface area contributed by atoms with Crippen LogP contribution < -0.4 is 10.6 Å². The van der Waals surface area contributed by atoms with Crippen LogP contribution in [0.15, 0.2) is 36.5 Å². The fraction of sp³-hybridized carbons (Fsp3) is 0.294. The summed E-state index contributed by atoms with van der Waals surface area (Å²) in [4.78, 5) is 3.77. The Kier molecular flexibility index (Phi) is 6.24. The molecule has 8 heteroatoms. The topological polar surface area (TPSA) is 37.0 Å². The number of rotatable bonds is 4. The Labute approximate surface area is 154 Å². The molecule has 0 radical (unpaired) electrons. The summed E-state index contributed by atoms with van der Waals surface area (Å²) in [7, 11) is 0. The van der Waals surface area contributed by atoms with Gasteiger partial charge in [0.2, 0.25) is 0 Å². The number of para-hydroxylation sites is 1. The normalized spacial score (nSPS) is 11.5. The number of aromatic nitrogens is 1. The van der Waals surface area contributed by atoms with Gasteiger partial charge in [0, 0.05) is 11.9 Å². The molecule has 1 aromatic carbocycles. The van der Waals surface area contributed by atoms with Crippen LogP contribution >= 0.6 is 23.8 Å². The van der Waals surface area contributed by atoms with E-state index in [0.29, 0.717) is 11.0 Å². The number of alkyl halides is 3. The molecule has 0 amide bonds. The third kappa shape index (κ3) is 5.31. The lowest BCUT2D eigenvalue weighted by Gasteiger charge is -2.16. The van der Waals surface area contributed by atoms with Gasteiger partial charge in [0.1, 0.15) is 0 Å². The molecule has 134 valence electrons. The number of nitrogens with zero attached hydrogens (tertiary/aromatic N) is 1. The van der Waals surface area contributed by atoms with Crippen LogP contribution in [-0.2, 0) is 12.7 Å². The summed E-state index contributed by atoms with van der Waals surface area (Å²) in [6, 6.07) is 8.61. The maximum atomic E-state index is 12.6. The van der Waals surface area contributed by atoms with Crippen LogP contribution in [0.5, 0.6) is 0 Å². The van der Waals surface area contributed by atoms with Crippen LogP contribution in [0, 0.1) is 0 Å². The fourth-order valence-corrected chi connectivity index (χ4v) is 2.61. The van der Waals surface area contributed by atoms with Gasteiger partial charge in [0.25, 0.3) is 0 Å². The van der Waals surface area contributed by atoms with E-state index in [4.69, 9.17) is 23.8 Å².